The number of halogens is 1. The maximum absolute atomic E-state index is 13.1. The third-order valence-electron chi connectivity index (χ3n) is 5.17. The van der Waals surface area contributed by atoms with Crippen molar-refractivity contribution in [1.82, 2.24) is 4.90 Å². The molecule has 0 aliphatic carbocycles. The van der Waals surface area contributed by atoms with Gasteiger partial charge in [-0.3, -0.25) is 9.69 Å². The topological polar surface area (TPSA) is 76.8 Å². The summed E-state index contributed by atoms with van der Waals surface area (Å²) in [5.41, 5.74) is 2.39. The van der Waals surface area contributed by atoms with Crippen molar-refractivity contribution in [2.75, 3.05) is 24.1 Å². The number of nitrogens with zero attached hydrogens (tertiary/aromatic N) is 3. The number of para-hydroxylation sites is 1. The molecule has 154 valence electrons. The summed E-state index contributed by atoms with van der Waals surface area (Å²) >= 11 is 4.86. The second kappa shape index (κ2) is 8.62. The van der Waals surface area contributed by atoms with Crippen molar-refractivity contribution in [3.8, 4) is 17.6 Å². The zero-order chi connectivity index (χ0) is 21.3. The number of phenols is 1. The number of fused-ring (bicyclic) bond motifs is 1. The zero-order valence-electron chi connectivity index (χ0n) is 16.3. The fourth-order valence-electron chi connectivity index (χ4n) is 3.71. The molecule has 2 aromatic rings. The Morgan fingerprint density at radius 2 is 2.10 bits per heavy atom. The number of hydrogen-bond donors (Lipinski definition) is 1. The number of amides is 1. The largest absolute Gasteiger partial charge is 0.503 e. The van der Waals surface area contributed by atoms with Gasteiger partial charge in [0.15, 0.2) is 11.5 Å². The number of benzene rings is 2. The van der Waals surface area contributed by atoms with Gasteiger partial charge in [0.1, 0.15) is 0 Å². The first-order valence-corrected chi connectivity index (χ1v) is 11.3. The van der Waals surface area contributed by atoms with Crippen LogP contribution in [0.15, 0.2) is 57.5 Å². The van der Waals surface area contributed by atoms with Gasteiger partial charge in [-0.05, 0) is 52.7 Å². The highest BCUT2D eigenvalue weighted by Gasteiger charge is 2.38. The maximum Gasteiger partial charge on any atom is 0.229 e. The number of phenolic OH excluding ortho intramolecular Hbond substituents is 1. The van der Waals surface area contributed by atoms with Crippen molar-refractivity contribution >= 4 is 39.3 Å². The molecule has 2 aliphatic rings. The molecular weight excluding hydrogens is 466 g/mol. The molecule has 2 heterocycles. The second-order valence-corrected chi connectivity index (χ2v) is 8.77. The molecule has 2 aromatic carbocycles. The standard InChI is InChI=1S/C22H20BrN3O3S/c1-2-29-19-9-14(8-18(23)21(19)28)16-10-20(27)26-12-25(15-6-4-3-5-7-15)13-30-22(26)17(16)11-24/h3-9,16,28H,2,10,12-13H2,1H3/t16-/m1/s1. The number of hydrogen-bond acceptors (Lipinski definition) is 6. The lowest BCUT2D eigenvalue weighted by atomic mass is 9.86. The monoisotopic (exact) mass is 485 g/mol. The third-order valence-corrected chi connectivity index (χ3v) is 6.93. The first-order chi connectivity index (χ1) is 14.5. The van der Waals surface area contributed by atoms with Gasteiger partial charge in [0.05, 0.1) is 40.3 Å². The number of rotatable bonds is 4. The number of thioether (sulfide) groups is 1. The van der Waals surface area contributed by atoms with Gasteiger partial charge in [-0.15, -0.1) is 0 Å². The number of carbonyl (C=O) groups is 1. The highest BCUT2D eigenvalue weighted by molar-refractivity contribution is 9.10. The first kappa shape index (κ1) is 20.6. The van der Waals surface area contributed by atoms with Crippen LogP contribution < -0.4 is 9.64 Å². The molecule has 1 amide bonds. The van der Waals surface area contributed by atoms with Crippen LogP contribution in [0.1, 0.15) is 24.8 Å². The number of aromatic hydroxyl groups is 1. The molecule has 1 fully saturated rings. The molecule has 0 radical (unpaired) electrons. The SMILES string of the molecule is CCOc1cc([C@H]2CC(=O)N3CN(c4ccccc4)CSC3=C2C#N)cc(Br)c1O. The Kier molecular flexibility index (Phi) is 5.93. The summed E-state index contributed by atoms with van der Waals surface area (Å²) in [5.74, 6) is 0.612. The predicted molar refractivity (Wildman–Crippen MR) is 120 cm³/mol. The lowest BCUT2D eigenvalue weighted by Gasteiger charge is -2.42. The quantitative estimate of drug-likeness (QED) is 0.671. The van der Waals surface area contributed by atoms with E-state index < -0.39 is 0 Å². The summed E-state index contributed by atoms with van der Waals surface area (Å²) in [6, 6.07) is 15.8. The Balaban J connectivity index is 1.70. The van der Waals surface area contributed by atoms with Gasteiger partial charge < -0.3 is 14.7 Å². The van der Waals surface area contributed by atoms with Crippen molar-refractivity contribution < 1.29 is 14.6 Å². The molecule has 0 aromatic heterocycles. The molecule has 1 atom stereocenters. The Morgan fingerprint density at radius 1 is 1.33 bits per heavy atom. The Hall–Kier alpha value is -2.63. The maximum atomic E-state index is 13.1. The van der Waals surface area contributed by atoms with Gasteiger partial charge in [-0.2, -0.15) is 5.26 Å². The van der Waals surface area contributed by atoms with E-state index >= 15 is 0 Å². The van der Waals surface area contributed by atoms with Crippen molar-refractivity contribution in [2.45, 2.75) is 19.3 Å². The normalized spacial score (nSPS) is 18.8. The predicted octanol–water partition coefficient (Wildman–Crippen LogP) is 4.77. The van der Waals surface area contributed by atoms with Crippen LogP contribution in [0.3, 0.4) is 0 Å². The van der Waals surface area contributed by atoms with E-state index in [1.165, 1.54) is 11.8 Å². The van der Waals surface area contributed by atoms with Gasteiger partial charge >= 0.3 is 0 Å². The van der Waals surface area contributed by atoms with Crippen molar-refractivity contribution in [2.24, 2.45) is 0 Å². The number of carbonyl (C=O) groups excluding carboxylic acids is 1. The first-order valence-electron chi connectivity index (χ1n) is 9.56. The van der Waals surface area contributed by atoms with Crippen LogP contribution in [0.4, 0.5) is 5.69 Å². The minimum Gasteiger partial charge on any atom is -0.503 e. The summed E-state index contributed by atoms with van der Waals surface area (Å²) in [7, 11) is 0. The van der Waals surface area contributed by atoms with E-state index in [-0.39, 0.29) is 24.0 Å². The summed E-state index contributed by atoms with van der Waals surface area (Å²) in [6.45, 7) is 2.66. The minimum atomic E-state index is -0.374. The van der Waals surface area contributed by atoms with Gasteiger partial charge in [0.25, 0.3) is 0 Å². The van der Waals surface area contributed by atoms with E-state index in [9.17, 15) is 15.2 Å². The summed E-state index contributed by atoms with van der Waals surface area (Å²) in [5, 5.41) is 20.9. The fraction of sp³-hybridized carbons (Fsp3) is 0.273. The van der Waals surface area contributed by atoms with E-state index in [0.29, 0.717) is 40.0 Å². The highest BCUT2D eigenvalue weighted by Crippen LogP contribution is 2.46. The van der Waals surface area contributed by atoms with E-state index in [0.717, 1.165) is 11.3 Å². The molecule has 1 saturated heterocycles. The average molecular weight is 486 g/mol. The number of anilines is 1. The molecule has 4 rings (SSSR count). The third kappa shape index (κ3) is 3.75. The van der Waals surface area contributed by atoms with E-state index in [4.69, 9.17) is 4.74 Å². The zero-order valence-corrected chi connectivity index (χ0v) is 18.7. The van der Waals surface area contributed by atoms with Gasteiger partial charge in [-0.1, -0.05) is 30.0 Å². The summed E-state index contributed by atoms with van der Waals surface area (Å²) < 4.78 is 6.01. The van der Waals surface area contributed by atoms with Gasteiger partial charge in [-0.25, -0.2) is 0 Å². The van der Waals surface area contributed by atoms with E-state index in [1.807, 2.05) is 37.3 Å². The van der Waals surface area contributed by atoms with Crippen LogP contribution in [0.25, 0.3) is 0 Å². The molecule has 0 unspecified atom stereocenters. The summed E-state index contributed by atoms with van der Waals surface area (Å²) in [4.78, 5) is 16.9. The van der Waals surface area contributed by atoms with Crippen molar-refractivity contribution in [1.29, 1.82) is 5.26 Å². The van der Waals surface area contributed by atoms with Crippen molar-refractivity contribution in [3.63, 3.8) is 0 Å². The molecule has 0 saturated carbocycles. The fourth-order valence-corrected chi connectivity index (χ4v) is 5.34. The Labute approximate surface area is 187 Å². The molecule has 8 heteroatoms. The molecule has 30 heavy (non-hydrogen) atoms. The van der Waals surface area contributed by atoms with E-state index in [1.54, 1.807) is 17.0 Å². The second-order valence-electron chi connectivity index (χ2n) is 6.98. The number of nitriles is 1. The Morgan fingerprint density at radius 3 is 2.80 bits per heavy atom. The molecular formula is C22H20BrN3O3S. The lowest BCUT2D eigenvalue weighted by Crippen LogP contribution is -2.47. The molecule has 2 aliphatic heterocycles. The van der Waals surface area contributed by atoms with Gasteiger partial charge in [0.2, 0.25) is 5.91 Å². The molecule has 0 bridgehead atoms. The minimum absolute atomic E-state index is 0.0149. The Bertz CT molecular complexity index is 1050. The van der Waals surface area contributed by atoms with E-state index in [2.05, 4.69) is 26.9 Å². The van der Waals surface area contributed by atoms with Crippen LogP contribution in [0.5, 0.6) is 11.5 Å². The molecule has 0 spiro atoms. The summed E-state index contributed by atoms with van der Waals surface area (Å²) in [6.07, 6.45) is 0.193. The number of ether oxygens (including phenoxy) is 1. The molecule has 1 N–H and O–H groups in total. The molecule has 6 nitrogen and oxygen atoms in total. The average Bonchev–Trinajstić information content (AvgIpc) is 2.77. The lowest BCUT2D eigenvalue weighted by molar-refractivity contribution is -0.129. The van der Waals surface area contributed by atoms with Crippen LogP contribution in [0, 0.1) is 11.3 Å². The smallest absolute Gasteiger partial charge is 0.229 e. The van der Waals surface area contributed by atoms with Crippen molar-refractivity contribution in [3.05, 3.63) is 63.1 Å². The highest BCUT2D eigenvalue weighted by atomic mass is 79.9. The van der Waals surface area contributed by atoms with Crippen LogP contribution in [-0.4, -0.2) is 35.1 Å². The number of allylic oxidation sites excluding steroid dienone is 1. The van der Waals surface area contributed by atoms with Crippen LogP contribution >= 0.6 is 27.7 Å². The van der Waals surface area contributed by atoms with Gasteiger partial charge in [0, 0.05) is 18.0 Å². The van der Waals surface area contributed by atoms with Crippen LogP contribution in [-0.2, 0) is 4.79 Å². The van der Waals surface area contributed by atoms with Crippen LogP contribution in [0.2, 0.25) is 0 Å².